The minimum Gasteiger partial charge on any atom is -0.494 e. The lowest BCUT2D eigenvalue weighted by molar-refractivity contribution is -0.123. The summed E-state index contributed by atoms with van der Waals surface area (Å²) >= 11 is 0. The molecular formula is C19H31NO4. The maximum atomic E-state index is 11.0. The van der Waals surface area contributed by atoms with Crippen molar-refractivity contribution in [2.45, 2.75) is 46.1 Å². The molecule has 0 fully saturated rings. The van der Waals surface area contributed by atoms with Gasteiger partial charge in [0.1, 0.15) is 12.4 Å². The van der Waals surface area contributed by atoms with Gasteiger partial charge in [-0.1, -0.05) is 6.92 Å². The second-order valence-electron chi connectivity index (χ2n) is 5.94. The Morgan fingerprint density at radius 1 is 1.00 bits per heavy atom. The van der Waals surface area contributed by atoms with Gasteiger partial charge in [0.15, 0.2) is 5.78 Å². The van der Waals surface area contributed by atoms with Crippen molar-refractivity contribution < 1.29 is 19.0 Å². The molecule has 0 amide bonds. The zero-order chi connectivity index (χ0) is 17.6. The van der Waals surface area contributed by atoms with Crippen molar-refractivity contribution in [1.82, 2.24) is 0 Å². The zero-order valence-electron chi connectivity index (χ0n) is 15.2. The third-order valence-corrected chi connectivity index (χ3v) is 3.25. The molecule has 0 aliphatic carbocycles. The molecule has 0 radical (unpaired) electrons. The molecule has 0 bridgehead atoms. The summed E-state index contributed by atoms with van der Waals surface area (Å²) in [4.78, 5) is 11.0. The van der Waals surface area contributed by atoms with Crippen LogP contribution in [0.1, 0.15) is 40.0 Å². The Kier molecular flexibility index (Phi) is 10.9. The van der Waals surface area contributed by atoms with Gasteiger partial charge in [0.25, 0.3) is 0 Å². The van der Waals surface area contributed by atoms with Crippen LogP contribution in [-0.2, 0) is 14.3 Å². The molecule has 0 heterocycles. The Hall–Kier alpha value is -1.59. The molecule has 0 atom stereocenters. The number of ether oxygens (including phenoxy) is 3. The van der Waals surface area contributed by atoms with Crippen LogP contribution in [-0.4, -0.2) is 44.9 Å². The quantitative estimate of drug-likeness (QED) is 0.525. The first-order valence-electron chi connectivity index (χ1n) is 8.78. The Balaban J connectivity index is 1.95. The number of ketones is 1. The summed E-state index contributed by atoms with van der Waals surface area (Å²) in [6.45, 7) is 8.81. The van der Waals surface area contributed by atoms with E-state index in [1.807, 2.05) is 31.2 Å². The van der Waals surface area contributed by atoms with E-state index in [4.69, 9.17) is 14.2 Å². The second kappa shape index (κ2) is 12.8. The van der Waals surface area contributed by atoms with Crippen molar-refractivity contribution >= 4 is 11.5 Å². The van der Waals surface area contributed by atoms with Crippen molar-refractivity contribution in [3.05, 3.63) is 24.3 Å². The van der Waals surface area contributed by atoms with E-state index in [-0.39, 0.29) is 12.4 Å². The predicted molar refractivity (Wildman–Crippen MR) is 96.9 cm³/mol. The van der Waals surface area contributed by atoms with Crippen LogP contribution in [0.2, 0.25) is 0 Å². The van der Waals surface area contributed by atoms with Crippen LogP contribution >= 0.6 is 0 Å². The zero-order valence-corrected chi connectivity index (χ0v) is 15.2. The molecule has 5 heteroatoms. The average molecular weight is 337 g/mol. The van der Waals surface area contributed by atoms with Gasteiger partial charge in [-0.3, -0.25) is 4.79 Å². The summed E-state index contributed by atoms with van der Waals surface area (Å²) in [5, 5.41) is 3.34. The van der Waals surface area contributed by atoms with Crippen LogP contribution in [0.25, 0.3) is 0 Å². The van der Waals surface area contributed by atoms with Gasteiger partial charge in [-0.15, -0.1) is 0 Å². The van der Waals surface area contributed by atoms with Crippen LogP contribution in [0.4, 0.5) is 5.69 Å². The van der Waals surface area contributed by atoms with Crippen molar-refractivity contribution in [1.29, 1.82) is 0 Å². The molecule has 0 unspecified atom stereocenters. The number of anilines is 1. The minimum atomic E-state index is 0.140. The normalized spacial score (nSPS) is 10.8. The van der Waals surface area contributed by atoms with Crippen LogP contribution in [0.15, 0.2) is 24.3 Å². The van der Waals surface area contributed by atoms with Gasteiger partial charge in [0, 0.05) is 44.4 Å². The van der Waals surface area contributed by atoms with Crippen molar-refractivity contribution in [2.75, 3.05) is 38.4 Å². The van der Waals surface area contributed by atoms with Gasteiger partial charge in [-0.05, 0) is 44.5 Å². The number of rotatable bonds is 14. The number of hydrogen-bond acceptors (Lipinski definition) is 5. The van der Waals surface area contributed by atoms with Gasteiger partial charge < -0.3 is 19.5 Å². The van der Waals surface area contributed by atoms with Gasteiger partial charge in [0.2, 0.25) is 0 Å². The highest BCUT2D eigenvalue weighted by Gasteiger charge is 1.99. The van der Waals surface area contributed by atoms with E-state index in [1.54, 1.807) is 0 Å². The first-order valence-corrected chi connectivity index (χ1v) is 8.78. The molecule has 1 aromatic carbocycles. The lowest BCUT2D eigenvalue weighted by Gasteiger charge is -2.11. The fraction of sp³-hybridized carbons (Fsp3) is 0.632. The molecule has 1 N–H and O–H groups in total. The topological polar surface area (TPSA) is 56.8 Å². The summed E-state index contributed by atoms with van der Waals surface area (Å²) < 4.78 is 16.4. The van der Waals surface area contributed by atoms with E-state index in [1.165, 1.54) is 0 Å². The molecular weight excluding hydrogens is 306 g/mol. The molecule has 0 aliphatic rings. The maximum Gasteiger partial charge on any atom is 0.158 e. The molecule has 136 valence electrons. The molecule has 0 aromatic heterocycles. The summed E-state index contributed by atoms with van der Waals surface area (Å²) in [6, 6.07) is 8.41. The molecule has 0 aliphatic heterocycles. The Morgan fingerprint density at radius 2 is 1.62 bits per heavy atom. The number of hydrogen-bond donors (Lipinski definition) is 1. The molecule has 1 aromatic rings. The largest absolute Gasteiger partial charge is 0.494 e. The van der Waals surface area contributed by atoms with E-state index in [9.17, 15) is 4.79 Å². The minimum absolute atomic E-state index is 0.140. The summed E-state index contributed by atoms with van der Waals surface area (Å²) in [6.07, 6.45) is 2.19. The van der Waals surface area contributed by atoms with Crippen LogP contribution in [0.5, 0.6) is 5.75 Å². The predicted octanol–water partition coefficient (Wildman–Crippen LogP) is 3.68. The monoisotopic (exact) mass is 337 g/mol. The van der Waals surface area contributed by atoms with Gasteiger partial charge in [-0.25, -0.2) is 0 Å². The summed E-state index contributed by atoms with van der Waals surface area (Å²) in [7, 11) is 0. The van der Waals surface area contributed by atoms with E-state index < -0.39 is 0 Å². The van der Waals surface area contributed by atoms with E-state index >= 15 is 0 Å². The molecule has 5 nitrogen and oxygen atoms in total. The van der Waals surface area contributed by atoms with Gasteiger partial charge in [0.05, 0.1) is 6.61 Å². The molecule has 0 spiro atoms. The maximum absolute atomic E-state index is 11.0. The van der Waals surface area contributed by atoms with Crippen molar-refractivity contribution in [3.8, 4) is 5.75 Å². The first kappa shape index (κ1) is 20.5. The fourth-order valence-corrected chi connectivity index (χ4v) is 1.98. The number of benzene rings is 1. The molecule has 0 saturated carbocycles. The smallest absolute Gasteiger partial charge is 0.158 e. The average Bonchev–Trinajstić information content (AvgIpc) is 2.57. The lowest BCUT2D eigenvalue weighted by Crippen LogP contribution is -2.10. The Morgan fingerprint density at radius 3 is 2.25 bits per heavy atom. The van der Waals surface area contributed by atoms with Crippen molar-refractivity contribution in [2.24, 2.45) is 0 Å². The van der Waals surface area contributed by atoms with Crippen molar-refractivity contribution in [3.63, 3.8) is 0 Å². The third kappa shape index (κ3) is 10.2. The summed E-state index contributed by atoms with van der Waals surface area (Å²) in [5.74, 6) is 1.01. The highest BCUT2D eigenvalue weighted by atomic mass is 16.5. The lowest BCUT2D eigenvalue weighted by atomic mass is 10.2. The third-order valence-electron chi connectivity index (χ3n) is 3.25. The molecule has 0 saturated heterocycles. The van der Waals surface area contributed by atoms with E-state index in [2.05, 4.69) is 19.2 Å². The van der Waals surface area contributed by atoms with Crippen LogP contribution in [0.3, 0.4) is 0 Å². The number of carbonyl (C=O) groups excluding carboxylic acids is 1. The van der Waals surface area contributed by atoms with Crippen LogP contribution < -0.4 is 10.1 Å². The molecule has 1 rings (SSSR count). The van der Waals surface area contributed by atoms with E-state index in [0.29, 0.717) is 38.9 Å². The Bertz CT molecular complexity index is 445. The highest BCUT2D eigenvalue weighted by Crippen LogP contribution is 2.16. The number of nitrogens with one attached hydrogen (secondary N) is 1. The second-order valence-corrected chi connectivity index (χ2v) is 5.94. The molecule has 24 heavy (non-hydrogen) atoms. The summed E-state index contributed by atoms with van der Waals surface area (Å²) in [5.41, 5.74) is 1.10. The van der Waals surface area contributed by atoms with Gasteiger partial charge >= 0.3 is 0 Å². The fourth-order valence-electron chi connectivity index (χ4n) is 1.98. The Labute approximate surface area is 145 Å². The van der Waals surface area contributed by atoms with E-state index in [0.717, 1.165) is 24.3 Å². The number of carbonyl (C=O) groups is 1. The first-order chi connectivity index (χ1) is 11.6. The standard InChI is InChI=1S/C19H31NO4/c1-4-18(21)15-23-13-5-11-22-12-6-14-24-19-9-7-17(8-10-19)20-16(2)3/h7-10,16,20H,4-6,11-15H2,1-3H3. The van der Waals surface area contributed by atoms with Gasteiger partial charge in [-0.2, -0.15) is 0 Å². The SMILES string of the molecule is CCC(=O)COCCCOCCCOc1ccc(NC(C)C)cc1. The highest BCUT2D eigenvalue weighted by molar-refractivity contribution is 5.79. The number of Topliss-reactive ketones (excluding diaryl/α,β-unsaturated/α-hetero) is 1. The van der Waals surface area contributed by atoms with Crippen LogP contribution in [0, 0.1) is 0 Å².